The molecule has 16 heteroatoms. The molecule has 2 amide bonds. The Morgan fingerprint density at radius 2 is 1.74 bits per heavy atom. The van der Waals surface area contributed by atoms with E-state index in [9.17, 15) is 49.1 Å². The lowest BCUT2D eigenvalue weighted by atomic mass is 9.59. The summed E-state index contributed by atoms with van der Waals surface area (Å²) in [6, 6.07) is 1.66. The molecule has 50 heavy (non-hydrogen) atoms. The molecule has 1 aromatic carbocycles. The summed E-state index contributed by atoms with van der Waals surface area (Å²) in [5, 5.41) is 7.12. The lowest BCUT2D eigenvalue weighted by Gasteiger charge is -2.45. The Kier molecular flexibility index (Phi) is 9.68. The summed E-state index contributed by atoms with van der Waals surface area (Å²) in [6.45, 7) is -0.787. The monoisotopic (exact) mass is 735 g/mol. The van der Waals surface area contributed by atoms with E-state index in [1.165, 1.54) is 5.32 Å². The highest BCUT2D eigenvalue weighted by Gasteiger charge is 2.64. The van der Waals surface area contributed by atoms with Crippen molar-refractivity contribution < 1.29 is 53.9 Å². The Hall–Kier alpha value is -3.75. The molecule has 7 unspecified atom stereocenters. The van der Waals surface area contributed by atoms with Gasteiger partial charge in [0.05, 0.1) is 23.7 Å². The van der Waals surface area contributed by atoms with E-state index < -0.39 is 89.4 Å². The molecule has 5 aliphatic rings. The summed E-state index contributed by atoms with van der Waals surface area (Å²) in [6.07, 6.45) is -5.39. The second-order valence-corrected chi connectivity index (χ2v) is 13.7. The van der Waals surface area contributed by atoms with Crippen molar-refractivity contribution in [2.45, 2.75) is 69.2 Å². The summed E-state index contributed by atoms with van der Waals surface area (Å²) < 4.78 is 124. The highest BCUT2D eigenvalue weighted by atomic mass is 35.5. The molecule has 0 saturated heterocycles. The summed E-state index contributed by atoms with van der Waals surface area (Å²) >= 11 is 5.87. The van der Waals surface area contributed by atoms with Gasteiger partial charge in [-0.25, -0.2) is 13.2 Å². The average molecular weight is 736 g/mol. The smallest absolute Gasteiger partial charge is 0.374 e. The van der Waals surface area contributed by atoms with Gasteiger partial charge in [0.1, 0.15) is 0 Å². The first-order valence-corrected chi connectivity index (χ1v) is 16.3. The number of benzene rings is 1. The second kappa shape index (κ2) is 13.4. The van der Waals surface area contributed by atoms with E-state index in [2.05, 4.69) is 10.5 Å². The molecule has 1 heterocycles. The van der Waals surface area contributed by atoms with Crippen LogP contribution in [0.5, 0.6) is 0 Å². The van der Waals surface area contributed by atoms with Crippen molar-refractivity contribution in [3.8, 4) is 0 Å². The molecular weight excluding hydrogens is 705 g/mol. The van der Waals surface area contributed by atoms with E-state index in [-0.39, 0.29) is 30.4 Å². The number of carbonyl (C=O) groups excluding carboxylic acids is 2. The zero-order chi connectivity index (χ0) is 36.2. The van der Waals surface area contributed by atoms with Gasteiger partial charge in [-0.3, -0.25) is 9.59 Å². The molecule has 0 radical (unpaired) electrons. The first-order chi connectivity index (χ1) is 23.5. The van der Waals surface area contributed by atoms with E-state index in [1.54, 1.807) is 0 Å². The molecule has 1 fully saturated rings. The number of nitrogens with one attached hydrogen (secondary N) is 2. The fourth-order valence-electron chi connectivity index (χ4n) is 7.84. The van der Waals surface area contributed by atoms with Crippen molar-refractivity contribution in [2.75, 3.05) is 6.54 Å². The molecule has 4 aliphatic carbocycles. The Labute approximate surface area is 285 Å². The normalized spacial score (nSPS) is 29.7. The second-order valence-electron chi connectivity index (χ2n) is 13.3. The Balaban J connectivity index is 1.30. The average Bonchev–Trinajstić information content (AvgIpc) is 3.51. The molecule has 2 N–H and O–H groups in total. The highest BCUT2D eigenvalue weighted by molar-refractivity contribution is 6.30. The minimum atomic E-state index is -5.20. The van der Waals surface area contributed by atoms with Gasteiger partial charge >= 0.3 is 12.4 Å². The highest BCUT2D eigenvalue weighted by Crippen LogP contribution is 2.55. The molecule has 6 rings (SSSR count). The van der Waals surface area contributed by atoms with Crippen LogP contribution in [0, 0.1) is 29.6 Å². The van der Waals surface area contributed by atoms with E-state index in [0.29, 0.717) is 24.1 Å². The number of rotatable bonds is 7. The number of hydrogen-bond acceptors (Lipinski definition) is 4. The molecule has 0 spiro atoms. The zero-order valence-electron chi connectivity index (χ0n) is 26.1. The van der Waals surface area contributed by atoms with Crippen LogP contribution in [0.1, 0.15) is 49.7 Å². The number of carbonyl (C=O) groups is 2. The third kappa shape index (κ3) is 6.93. The molecule has 270 valence electrons. The van der Waals surface area contributed by atoms with Crippen LogP contribution in [0.15, 0.2) is 70.5 Å². The fraction of sp³-hybridized carbons (Fsp3) is 0.500. The number of alkyl halides is 9. The summed E-state index contributed by atoms with van der Waals surface area (Å²) in [7, 11) is 0. The van der Waals surface area contributed by atoms with Crippen LogP contribution in [0.2, 0.25) is 5.02 Å². The summed E-state index contributed by atoms with van der Waals surface area (Å²) in [4.78, 5) is 30.5. The van der Waals surface area contributed by atoms with Crippen molar-refractivity contribution in [2.24, 2.45) is 34.7 Å². The van der Waals surface area contributed by atoms with Gasteiger partial charge in [-0.1, -0.05) is 52.7 Å². The Morgan fingerprint density at radius 1 is 0.980 bits per heavy atom. The summed E-state index contributed by atoms with van der Waals surface area (Å²) in [5.74, 6) is -3.68. The molecule has 1 aromatic rings. The van der Waals surface area contributed by atoms with Gasteiger partial charge in [0.15, 0.2) is 0 Å². The van der Waals surface area contributed by atoms with E-state index in [0.717, 1.165) is 30.1 Å². The van der Waals surface area contributed by atoms with Gasteiger partial charge < -0.3 is 15.5 Å². The van der Waals surface area contributed by atoms with Crippen LogP contribution >= 0.6 is 11.6 Å². The van der Waals surface area contributed by atoms with Gasteiger partial charge in [-0.15, -0.1) is 0 Å². The third-order valence-electron chi connectivity index (χ3n) is 10.2. The van der Waals surface area contributed by atoms with E-state index in [4.69, 9.17) is 16.4 Å². The number of nitrogens with zero attached hydrogens (tertiary/aromatic N) is 1. The fourth-order valence-corrected chi connectivity index (χ4v) is 8.07. The first kappa shape index (κ1) is 36.1. The number of oxime groups is 1. The number of halogens is 10. The van der Waals surface area contributed by atoms with Crippen molar-refractivity contribution in [3.63, 3.8) is 0 Å². The standard InChI is InChI=1S/C34H31ClF9N3O3/c35-22-12-20(11-21(13-22)33(39,40)41)32(34(42,43)44)14-27(47-50-32)23-5-6-24(31(49)45-15-28(48)46-30(38)29(36)37)26-10-19-8-17-4-2-1-3-16(17)7-18(19)9-25(23)26/h1-2,4,8,10-13,16,18,23-25,29-30H,3,5-7,9,14-15H2,(H,45,49)(H,46,48). The van der Waals surface area contributed by atoms with Crippen LogP contribution in [-0.2, 0) is 26.2 Å². The molecule has 6 nitrogen and oxygen atoms in total. The third-order valence-corrected chi connectivity index (χ3v) is 10.4. The van der Waals surface area contributed by atoms with Gasteiger partial charge in [0, 0.05) is 22.9 Å². The van der Waals surface area contributed by atoms with Gasteiger partial charge in [-0.2, -0.15) is 26.3 Å². The minimum absolute atomic E-state index is 0.0131. The van der Waals surface area contributed by atoms with Gasteiger partial charge in [0.2, 0.25) is 18.1 Å². The first-order valence-electron chi connectivity index (χ1n) is 16.0. The van der Waals surface area contributed by atoms with Crippen molar-refractivity contribution in [1.29, 1.82) is 0 Å². The Bertz CT molecular complexity index is 1700. The lowest BCUT2D eigenvalue weighted by molar-refractivity contribution is -0.276. The predicted octanol–water partition coefficient (Wildman–Crippen LogP) is 8.11. The van der Waals surface area contributed by atoms with Crippen LogP contribution in [0.4, 0.5) is 39.5 Å². The number of allylic oxidation sites excluding steroid dienone is 7. The van der Waals surface area contributed by atoms with Crippen molar-refractivity contribution in [1.82, 2.24) is 10.6 Å². The molecule has 1 aliphatic heterocycles. The quantitative estimate of drug-likeness (QED) is 0.220. The number of hydrogen-bond donors (Lipinski definition) is 2. The maximum atomic E-state index is 14.9. The van der Waals surface area contributed by atoms with Crippen molar-refractivity contribution >= 4 is 29.1 Å². The van der Waals surface area contributed by atoms with E-state index in [1.807, 2.05) is 30.4 Å². The number of amides is 2. The van der Waals surface area contributed by atoms with Gasteiger partial charge in [0.25, 0.3) is 12.0 Å². The van der Waals surface area contributed by atoms with Crippen LogP contribution < -0.4 is 10.6 Å². The van der Waals surface area contributed by atoms with Crippen LogP contribution in [-0.4, -0.2) is 43.0 Å². The Morgan fingerprint density at radius 3 is 2.44 bits per heavy atom. The SMILES string of the molecule is O=C(CNC(=O)C1CCC(C2=NOC(c3cc(Cl)cc(C(F)(F)F)c3)(C(F)(F)F)C2)C2CC3CC4CC=CC=C4C=C3C=C12)NC(F)C(F)F. The van der Waals surface area contributed by atoms with Crippen LogP contribution in [0.25, 0.3) is 0 Å². The molecule has 1 saturated carbocycles. The maximum Gasteiger partial charge on any atom is 0.435 e. The molecule has 7 atom stereocenters. The minimum Gasteiger partial charge on any atom is -0.374 e. The van der Waals surface area contributed by atoms with Crippen LogP contribution in [0.3, 0.4) is 0 Å². The number of fused-ring (bicyclic) bond motifs is 3. The van der Waals surface area contributed by atoms with Gasteiger partial charge in [-0.05, 0) is 79.2 Å². The molecule has 0 aromatic heterocycles. The van der Waals surface area contributed by atoms with Crippen molar-refractivity contribution in [3.05, 3.63) is 81.4 Å². The predicted molar refractivity (Wildman–Crippen MR) is 163 cm³/mol. The molecular formula is C34H31ClF9N3O3. The topological polar surface area (TPSA) is 79.8 Å². The maximum absolute atomic E-state index is 14.9. The summed E-state index contributed by atoms with van der Waals surface area (Å²) in [5.41, 5.74) is -2.90. The lowest BCUT2D eigenvalue weighted by Crippen LogP contribution is -2.47. The van der Waals surface area contributed by atoms with E-state index >= 15 is 0 Å². The zero-order valence-corrected chi connectivity index (χ0v) is 26.8. The largest absolute Gasteiger partial charge is 0.435 e. The molecule has 0 bridgehead atoms.